The Morgan fingerprint density at radius 3 is 2.65 bits per heavy atom. The molecule has 2 aromatic rings. The summed E-state index contributed by atoms with van der Waals surface area (Å²) in [6, 6.07) is 2.21. The van der Waals surface area contributed by atoms with E-state index in [9.17, 15) is 23.9 Å². The first kappa shape index (κ1) is 24.5. The van der Waals surface area contributed by atoms with Crippen molar-refractivity contribution in [2.45, 2.75) is 43.0 Å². The fraction of sp³-hybridized carbons (Fsp3) is 0.368. The van der Waals surface area contributed by atoms with Gasteiger partial charge < -0.3 is 20.1 Å². The van der Waals surface area contributed by atoms with Crippen LogP contribution in [0, 0.1) is 12.7 Å². The van der Waals surface area contributed by atoms with Gasteiger partial charge in [-0.25, -0.2) is 4.39 Å². The van der Waals surface area contributed by atoms with Crippen molar-refractivity contribution in [2.75, 3.05) is 0 Å². The van der Waals surface area contributed by atoms with Crippen LogP contribution in [0.3, 0.4) is 0 Å². The summed E-state index contributed by atoms with van der Waals surface area (Å²) in [6.07, 6.45) is 0. The fourth-order valence-corrected chi connectivity index (χ4v) is 6.44. The van der Waals surface area contributed by atoms with Gasteiger partial charge in [0.25, 0.3) is 5.91 Å². The first-order valence-electron chi connectivity index (χ1n) is 8.97. The van der Waals surface area contributed by atoms with Gasteiger partial charge in [-0.2, -0.15) is 4.37 Å². The molecule has 2 fully saturated rings. The number of nitrogens with one attached hydrogen (secondary N) is 1. The second kappa shape index (κ2) is 8.64. The number of halogens is 2. The summed E-state index contributed by atoms with van der Waals surface area (Å²) in [6.45, 7) is 5.10. The second-order valence-electron chi connectivity index (χ2n) is 7.59. The van der Waals surface area contributed by atoms with Gasteiger partial charge in [-0.15, -0.1) is 11.8 Å². The van der Waals surface area contributed by atoms with Crippen molar-refractivity contribution in [1.82, 2.24) is 14.6 Å². The third-order valence-electron chi connectivity index (χ3n) is 5.24. The van der Waals surface area contributed by atoms with Crippen molar-refractivity contribution in [3.63, 3.8) is 0 Å². The van der Waals surface area contributed by atoms with Crippen LogP contribution >= 0.6 is 34.9 Å². The number of carbonyl (C=O) groups excluding carboxylic acids is 3. The summed E-state index contributed by atoms with van der Waals surface area (Å²) < 4.78 is 17.8. The zero-order valence-electron chi connectivity index (χ0n) is 17.1. The molecule has 0 aliphatic carbocycles. The smallest absolute Gasteiger partial charge is 0.548 e. The number of benzene rings is 1. The molecule has 2 aliphatic rings. The largest absolute Gasteiger partial charge is 1.00 e. The Labute approximate surface area is 213 Å². The molecule has 0 bridgehead atoms. The van der Waals surface area contributed by atoms with Crippen molar-refractivity contribution in [1.29, 1.82) is 0 Å². The number of aliphatic carboxylic acids is 1. The van der Waals surface area contributed by atoms with Crippen LogP contribution in [0.5, 0.6) is 0 Å². The molecule has 2 amide bonds. The molecule has 12 heteroatoms. The first-order chi connectivity index (χ1) is 14.0. The number of fused-ring (bicyclic) bond motifs is 1. The number of rotatable bonds is 4. The van der Waals surface area contributed by atoms with Crippen LogP contribution in [0.15, 0.2) is 18.2 Å². The molecule has 0 saturated carbocycles. The normalized spacial score (nSPS) is 23.6. The number of carbonyl (C=O) groups is 3. The van der Waals surface area contributed by atoms with E-state index >= 15 is 0 Å². The quantitative estimate of drug-likeness (QED) is 0.427. The monoisotopic (exact) mass is 491 g/mol. The molecular formula is C19H16ClFN3NaO4S2. The van der Waals surface area contributed by atoms with Crippen LogP contribution in [0.2, 0.25) is 5.02 Å². The molecule has 3 atom stereocenters. The average Bonchev–Trinajstić information content (AvgIpc) is 3.14. The maximum atomic E-state index is 14.4. The van der Waals surface area contributed by atoms with Crippen molar-refractivity contribution in [2.24, 2.45) is 0 Å². The Hall–Kier alpha value is -1.17. The van der Waals surface area contributed by atoms with Crippen LogP contribution in [0.1, 0.15) is 29.1 Å². The molecule has 3 heterocycles. The van der Waals surface area contributed by atoms with Crippen LogP contribution < -0.4 is 40.0 Å². The molecular weight excluding hydrogens is 476 g/mol. The van der Waals surface area contributed by atoms with Crippen LogP contribution in [-0.2, 0) is 9.59 Å². The summed E-state index contributed by atoms with van der Waals surface area (Å²) in [4.78, 5) is 38.9. The molecule has 2 aliphatic heterocycles. The maximum absolute atomic E-state index is 14.4. The maximum Gasteiger partial charge on any atom is 1.00 e. The van der Waals surface area contributed by atoms with Gasteiger partial charge in [-0.05, 0) is 44.4 Å². The van der Waals surface area contributed by atoms with E-state index < -0.39 is 45.8 Å². The summed E-state index contributed by atoms with van der Waals surface area (Å²) >= 11 is 8.45. The number of carboxylic acids is 1. The summed E-state index contributed by atoms with van der Waals surface area (Å²) in [7, 11) is 0. The van der Waals surface area contributed by atoms with E-state index in [2.05, 4.69) is 9.69 Å². The molecule has 1 N–H and O–H groups in total. The Bertz CT molecular complexity index is 1080. The average molecular weight is 492 g/mol. The number of nitrogens with zero attached hydrogens (tertiary/aromatic N) is 2. The minimum absolute atomic E-state index is 0. The van der Waals surface area contributed by atoms with Gasteiger partial charge in [0.2, 0.25) is 5.91 Å². The number of thioether (sulfide) groups is 1. The van der Waals surface area contributed by atoms with Gasteiger partial charge in [0.15, 0.2) is 0 Å². The molecule has 2 saturated heterocycles. The molecule has 0 spiro atoms. The van der Waals surface area contributed by atoms with Gasteiger partial charge in [-0.1, -0.05) is 17.7 Å². The van der Waals surface area contributed by atoms with Gasteiger partial charge >= 0.3 is 29.6 Å². The predicted molar refractivity (Wildman–Crippen MR) is 110 cm³/mol. The molecule has 1 aromatic heterocycles. The van der Waals surface area contributed by atoms with Crippen LogP contribution in [0.25, 0.3) is 11.3 Å². The van der Waals surface area contributed by atoms with Crippen LogP contribution in [0.4, 0.5) is 4.39 Å². The topological polar surface area (TPSA) is 102 Å². The van der Waals surface area contributed by atoms with Crippen molar-refractivity contribution >= 4 is 52.7 Å². The summed E-state index contributed by atoms with van der Waals surface area (Å²) in [5.41, 5.74) is 0.259. The van der Waals surface area contributed by atoms with Crippen molar-refractivity contribution < 1.29 is 53.4 Å². The minimum Gasteiger partial charge on any atom is -0.548 e. The van der Waals surface area contributed by atoms with Gasteiger partial charge in [-0.3, -0.25) is 9.59 Å². The van der Waals surface area contributed by atoms with Crippen LogP contribution in [-0.4, -0.2) is 49.3 Å². The number of carboxylic acid groups (broad SMARTS) is 1. The molecule has 0 unspecified atom stereocenters. The van der Waals surface area contributed by atoms with Gasteiger partial charge in [0, 0.05) is 9.62 Å². The van der Waals surface area contributed by atoms with Crippen molar-refractivity contribution in [3.8, 4) is 11.3 Å². The Balaban J connectivity index is 0.00000272. The number of aryl methyl sites for hydroxylation is 1. The van der Waals surface area contributed by atoms with E-state index in [0.717, 1.165) is 11.5 Å². The SMILES string of the molecule is Cc1snc(-c2c(F)cccc2Cl)c1C(=O)N[C@@H]1C(=O)N2[C@@H]1SC(C)(C)[C@@H]2C(=O)[O-].[Na+]. The second-order valence-corrected chi connectivity index (χ2v) is 10.7. The number of hydrogen-bond acceptors (Lipinski definition) is 7. The zero-order chi connectivity index (χ0) is 22.0. The fourth-order valence-electron chi connectivity index (χ4n) is 3.87. The molecule has 1 aromatic carbocycles. The minimum atomic E-state index is -1.33. The predicted octanol–water partition coefficient (Wildman–Crippen LogP) is -1.17. The van der Waals surface area contributed by atoms with Gasteiger partial charge in [0.05, 0.1) is 28.2 Å². The van der Waals surface area contributed by atoms with E-state index in [1.165, 1.54) is 34.9 Å². The Kier molecular flexibility index (Phi) is 6.82. The third kappa shape index (κ3) is 3.91. The first-order valence-corrected chi connectivity index (χ1v) is 11.0. The number of hydrogen-bond donors (Lipinski definition) is 1. The van der Waals surface area contributed by atoms with E-state index in [4.69, 9.17) is 11.6 Å². The van der Waals surface area contributed by atoms with E-state index in [1.54, 1.807) is 20.8 Å². The Morgan fingerprint density at radius 2 is 2.03 bits per heavy atom. The summed E-state index contributed by atoms with van der Waals surface area (Å²) in [5, 5.41) is 13.8. The molecule has 0 radical (unpaired) electrons. The molecule has 4 rings (SSSR count). The molecule has 7 nitrogen and oxygen atoms in total. The van der Waals surface area contributed by atoms with Gasteiger partial charge in [0.1, 0.15) is 22.9 Å². The standard InChI is InChI=1S/C19H17ClFN3O4S2.Na/c1-7-10(12(23-30-7)11-8(20)5-4-6-9(11)21)15(25)22-13-16(26)24-14(18(27)28)19(2,3)29-17(13)24;/h4-6,13-14,17H,1-3H3,(H,22,25)(H,27,28);/q;+1/p-1/t13-,14+,17-;/m1./s1. The van der Waals surface area contributed by atoms with E-state index in [1.807, 2.05) is 0 Å². The van der Waals surface area contributed by atoms with E-state index in [-0.39, 0.29) is 51.4 Å². The van der Waals surface area contributed by atoms with E-state index in [0.29, 0.717) is 4.88 Å². The number of amides is 2. The molecule has 31 heavy (non-hydrogen) atoms. The summed E-state index contributed by atoms with van der Waals surface area (Å²) in [5.74, 6) is -3.03. The zero-order valence-corrected chi connectivity index (χ0v) is 21.5. The molecule has 158 valence electrons. The third-order valence-corrected chi connectivity index (χ3v) is 7.88. The van der Waals surface area contributed by atoms with Crippen molar-refractivity contribution in [3.05, 3.63) is 39.5 Å². The Morgan fingerprint density at radius 1 is 1.35 bits per heavy atom. The number of β-lactam (4-membered cyclic amide) rings is 1. The number of aromatic nitrogens is 1.